The highest BCUT2D eigenvalue weighted by atomic mass is 16.2. The van der Waals surface area contributed by atoms with Crippen LogP contribution in [-0.4, -0.2) is 25.9 Å². The van der Waals surface area contributed by atoms with Crippen molar-refractivity contribution in [2.75, 3.05) is 5.32 Å². The zero-order chi connectivity index (χ0) is 19.9. The van der Waals surface area contributed by atoms with Crippen LogP contribution in [0.15, 0.2) is 85.2 Å². The molecule has 0 fully saturated rings. The fourth-order valence-corrected chi connectivity index (χ4v) is 2.69. The third kappa shape index (κ3) is 4.93. The number of hydrogen-bond donors (Lipinski definition) is 1. The Bertz CT molecular complexity index is 1170. The Hall–Kier alpha value is -4.24. The molecule has 1 amide bonds. The van der Waals surface area contributed by atoms with Gasteiger partial charge in [-0.2, -0.15) is 0 Å². The first kappa shape index (κ1) is 18.1. The van der Waals surface area contributed by atoms with Gasteiger partial charge in [-0.05, 0) is 41.8 Å². The number of carbonyl (C=O) groups is 1. The average Bonchev–Trinajstić information content (AvgIpc) is 3.23. The fourth-order valence-electron chi connectivity index (χ4n) is 2.69. The van der Waals surface area contributed by atoms with Crippen LogP contribution in [0.1, 0.15) is 27.3 Å². The van der Waals surface area contributed by atoms with Gasteiger partial charge in [0, 0.05) is 17.4 Å². The summed E-state index contributed by atoms with van der Waals surface area (Å²) in [5.74, 6) is 5.73. The number of anilines is 1. The van der Waals surface area contributed by atoms with E-state index in [2.05, 4.69) is 32.5 Å². The van der Waals surface area contributed by atoms with Crippen LogP contribution in [0.5, 0.6) is 0 Å². The maximum Gasteiger partial charge on any atom is 0.277 e. The molecule has 0 unspecified atom stereocenters. The Morgan fingerprint density at radius 3 is 2.66 bits per heavy atom. The topological polar surface area (TPSA) is 72.7 Å². The van der Waals surface area contributed by atoms with Gasteiger partial charge in [0.1, 0.15) is 5.69 Å². The monoisotopic (exact) mass is 379 g/mol. The van der Waals surface area contributed by atoms with E-state index in [1.54, 1.807) is 23.1 Å². The lowest BCUT2D eigenvalue weighted by atomic mass is 10.2. The van der Waals surface area contributed by atoms with Gasteiger partial charge in [0.15, 0.2) is 5.69 Å². The van der Waals surface area contributed by atoms with E-state index >= 15 is 0 Å². The van der Waals surface area contributed by atoms with E-state index in [-0.39, 0.29) is 11.6 Å². The van der Waals surface area contributed by atoms with Crippen LogP contribution in [0.3, 0.4) is 0 Å². The SMILES string of the molecule is O=C(Nc1cccc(C#Cc2ccccn2)c1)c1cn(Cc2ccccc2)nn1. The van der Waals surface area contributed by atoms with E-state index in [1.165, 1.54) is 0 Å². The molecule has 4 rings (SSSR count). The summed E-state index contributed by atoms with van der Waals surface area (Å²) in [7, 11) is 0. The van der Waals surface area contributed by atoms with E-state index < -0.39 is 0 Å². The highest BCUT2D eigenvalue weighted by Gasteiger charge is 2.11. The van der Waals surface area contributed by atoms with Gasteiger partial charge in [-0.1, -0.05) is 53.6 Å². The van der Waals surface area contributed by atoms with Crippen molar-refractivity contribution in [2.45, 2.75) is 6.54 Å². The third-order valence-corrected chi connectivity index (χ3v) is 4.08. The lowest BCUT2D eigenvalue weighted by Gasteiger charge is -2.03. The van der Waals surface area contributed by atoms with E-state index in [9.17, 15) is 4.79 Å². The molecule has 4 aromatic rings. The summed E-state index contributed by atoms with van der Waals surface area (Å²) < 4.78 is 1.64. The van der Waals surface area contributed by atoms with Crippen molar-refractivity contribution in [1.29, 1.82) is 0 Å². The number of carbonyl (C=O) groups excluding carboxylic acids is 1. The molecule has 0 saturated heterocycles. The zero-order valence-corrected chi connectivity index (χ0v) is 15.5. The van der Waals surface area contributed by atoms with Crippen LogP contribution in [-0.2, 0) is 6.54 Å². The molecule has 0 aliphatic rings. The molecule has 1 N–H and O–H groups in total. The molecule has 2 aromatic carbocycles. The van der Waals surface area contributed by atoms with Crippen LogP contribution in [0.4, 0.5) is 5.69 Å². The van der Waals surface area contributed by atoms with E-state index in [4.69, 9.17) is 0 Å². The van der Waals surface area contributed by atoms with Crippen LogP contribution in [0.2, 0.25) is 0 Å². The minimum absolute atomic E-state index is 0.255. The molecule has 6 nitrogen and oxygen atoms in total. The summed E-state index contributed by atoms with van der Waals surface area (Å²) in [5, 5.41) is 10.8. The maximum absolute atomic E-state index is 12.5. The van der Waals surface area contributed by atoms with Crippen molar-refractivity contribution in [2.24, 2.45) is 0 Å². The standard InChI is InChI=1S/C23H17N5O/c29-23(22-17-28(27-26-22)16-19-7-2-1-3-8-19)25-21-11-6-9-18(15-21)12-13-20-10-4-5-14-24-20/h1-11,14-15,17H,16H2,(H,25,29). The van der Waals surface area contributed by atoms with Crippen molar-refractivity contribution in [3.63, 3.8) is 0 Å². The molecular formula is C23H17N5O. The second kappa shape index (κ2) is 8.63. The minimum atomic E-state index is -0.320. The summed E-state index contributed by atoms with van der Waals surface area (Å²) >= 11 is 0. The largest absolute Gasteiger partial charge is 0.321 e. The molecule has 0 radical (unpaired) electrons. The quantitative estimate of drug-likeness (QED) is 0.552. The Morgan fingerprint density at radius 2 is 1.83 bits per heavy atom. The van der Waals surface area contributed by atoms with E-state index in [1.807, 2.05) is 66.7 Å². The second-order valence-corrected chi connectivity index (χ2v) is 6.29. The lowest BCUT2D eigenvalue weighted by molar-refractivity contribution is 0.102. The molecule has 0 saturated carbocycles. The van der Waals surface area contributed by atoms with Crippen LogP contribution >= 0.6 is 0 Å². The highest BCUT2D eigenvalue weighted by Crippen LogP contribution is 2.11. The first-order chi connectivity index (χ1) is 14.3. The number of rotatable bonds is 4. The Balaban J connectivity index is 1.43. The predicted octanol–water partition coefficient (Wildman–Crippen LogP) is 3.37. The van der Waals surface area contributed by atoms with Crippen LogP contribution in [0.25, 0.3) is 0 Å². The number of nitrogens with zero attached hydrogens (tertiary/aromatic N) is 4. The van der Waals surface area contributed by atoms with Gasteiger partial charge in [-0.25, -0.2) is 9.67 Å². The van der Waals surface area contributed by atoms with Crippen molar-refractivity contribution < 1.29 is 4.79 Å². The maximum atomic E-state index is 12.5. The van der Waals surface area contributed by atoms with Gasteiger partial charge >= 0.3 is 0 Å². The molecule has 2 heterocycles. The molecular weight excluding hydrogens is 362 g/mol. The van der Waals surface area contributed by atoms with Crippen molar-refractivity contribution in [3.05, 3.63) is 108 Å². The number of pyridine rings is 1. The molecule has 0 aliphatic heterocycles. The lowest BCUT2D eigenvalue weighted by Crippen LogP contribution is -2.12. The zero-order valence-electron chi connectivity index (χ0n) is 15.5. The molecule has 0 aliphatic carbocycles. The highest BCUT2D eigenvalue weighted by molar-refractivity contribution is 6.02. The number of aromatic nitrogens is 4. The van der Waals surface area contributed by atoms with Crippen molar-refractivity contribution >= 4 is 11.6 Å². The van der Waals surface area contributed by atoms with Gasteiger partial charge in [0.25, 0.3) is 5.91 Å². The summed E-state index contributed by atoms with van der Waals surface area (Å²) in [6, 6.07) is 22.8. The predicted molar refractivity (Wildman–Crippen MR) is 110 cm³/mol. The molecule has 140 valence electrons. The Labute approximate surface area is 168 Å². The van der Waals surface area contributed by atoms with Gasteiger partial charge in [-0.15, -0.1) is 5.10 Å². The molecule has 0 atom stereocenters. The third-order valence-electron chi connectivity index (χ3n) is 4.08. The molecule has 0 spiro atoms. The van der Waals surface area contributed by atoms with Crippen molar-refractivity contribution in [3.8, 4) is 11.8 Å². The molecule has 2 aromatic heterocycles. The fraction of sp³-hybridized carbons (Fsp3) is 0.0435. The van der Waals surface area contributed by atoms with Crippen molar-refractivity contribution in [1.82, 2.24) is 20.0 Å². The van der Waals surface area contributed by atoms with Gasteiger partial charge in [-0.3, -0.25) is 4.79 Å². The number of benzene rings is 2. The van der Waals surface area contributed by atoms with Gasteiger partial charge in [0.05, 0.1) is 12.7 Å². The molecule has 6 heteroatoms. The summed E-state index contributed by atoms with van der Waals surface area (Å²) in [6.07, 6.45) is 3.33. The second-order valence-electron chi connectivity index (χ2n) is 6.29. The molecule has 0 bridgehead atoms. The molecule has 29 heavy (non-hydrogen) atoms. The first-order valence-corrected chi connectivity index (χ1v) is 9.05. The number of hydrogen-bond acceptors (Lipinski definition) is 4. The Morgan fingerprint density at radius 1 is 0.966 bits per heavy atom. The van der Waals surface area contributed by atoms with Crippen LogP contribution in [0, 0.1) is 11.8 Å². The van der Waals surface area contributed by atoms with Gasteiger partial charge in [0.2, 0.25) is 0 Å². The summed E-state index contributed by atoms with van der Waals surface area (Å²) in [4.78, 5) is 16.7. The average molecular weight is 379 g/mol. The van der Waals surface area contributed by atoms with Crippen LogP contribution < -0.4 is 5.32 Å². The summed E-state index contributed by atoms with van der Waals surface area (Å²) in [5.41, 5.74) is 3.45. The van der Waals surface area contributed by atoms with Gasteiger partial charge < -0.3 is 5.32 Å². The normalized spacial score (nSPS) is 10.1. The number of amides is 1. The smallest absolute Gasteiger partial charge is 0.277 e. The Kier molecular flexibility index (Phi) is 5.40. The first-order valence-electron chi connectivity index (χ1n) is 9.05. The van der Waals surface area contributed by atoms with E-state index in [0.717, 1.165) is 11.1 Å². The minimum Gasteiger partial charge on any atom is -0.321 e. The summed E-state index contributed by atoms with van der Waals surface area (Å²) in [6.45, 7) is 0.555. The number of nitrogens with one attached hydrogen (secondary N) is 1. The van der Waals surface area contributed by atoms with E-state index in [0.29, 0.717) is 17.9 Å².